The van der Waals surface area contributed by atoms with Gasteiger partial charge in [-0.05, 0) is 12.1 Å². The lowest BCUT2D eigenvalue weighted by atomic mass is 10.0. The molecule has 1 aliphatic rings. The van der Waals surface area contributed by atoms with E-state index in [4.69, 9.17) is 10.5 Å². The van der Waals surface area contributed by atoms with Gasteiger partial charge in [0.25, 0.3) is 5.91 Å². The molecule has 0 spiro atoms. The Kier molecular flexibility index (Phi) is 1.69. The van der Waals surface area contributed by atoms with Gasteiger partial charge in [-0.2, -0.15) is 0 Å². The molecular weight excluding hydrogens is 173 g/mol. The molecule has 0 unspecified atom stereocenters. The topological polar surface area (TPSA) is 52.3 Å². The van der Waals surface area contributed by atoms with E-state index in [1.54, 1.807) is 0 Å². The summed E-state index contributed by atoms with van der Waals surface area (Å²) < 4.78 is 18.3. The minimum absolute atomic E-state index is 0.0324. The summed E-state index contributed by atoms with van der Waals surface area (Å²) in [6.45, 7) is 0.485. The van der Waals surface area contributed by atoms with Crippen molar-refractivity contribution < 1.29 is 13.9 Å². The van der Waals surface area contributed by atoms with Gasteiger partial charge in [0, 0.05) is 12.0 Å². The summed E-state index contributed by atoms with van der Waals surface area (Å²) >= 11 is 0. The van der Waals surface area contributed by atoms with Gasteiger partial charge in [-0.15, -0.1) is 0 Å². The van der Waals surface area contributed by atoms with Crippen LogP contribution in [0.5, 0.6) is 5.75 Å². The lowest BCUT2D eigenvalue weighted by molar-refractivity contribution is 0.0995. The van der Waals surface area contributed by atoms with Crippen molar-refractivity contribution in [3.63, 3.8) is 0 Å². The van der Waals surface area contributed by atoms with E-state index in [-0.39, 0.29) is 5.56 Å². The third kappa shape index (κ3) is 1.14. The number of amides is 1. The predicted molar refractivity (Wildman–Crippen MR) is 44.1 cm³/mol. The van der Waals surface area contributed by atoms with Crippen molar-refractivity contribution in [1.29, 1.82) is 0 Å². The molecule has 1 aromatic rings. The van der Waals surface area contributed by atoms with Gasteiger partial charge in [0.2, 0.25) is 0 Å². The van der Waals surface area contributed by atoms with E-state index < -0.39 is 11.7 Å². The lowest BCUT2D eigenvalue weighted by Gasteiger charge is -2.03. The molecule has 2 N–H and O–H groups in total. The van der Waals surface area contributed by atoms with Crippen molar-refractivity contribution in [1.82, 2.24) is 0 Å². The predicted octanol–water partition coefficient (Wildman–Crippen LogP) is 0.860. The first-order valence-corrected chi connectivity index (χ1v) is 3.94. The number of ether oxygens (including phenoxy) is 1. The first kappa shape index (κ1) is 8.04. The van der Waals surface area contributed by atoms with Crippen molar-refractivity contribution in [3.05, 3.63) is 29.1 Å². The van der Waals surface area contributed by atoms with Crippen LogP contribution < -0.4 is 10.5 Å². The van der Waals surface area contributed by atoms with E-state index in [0.717, 1.165) is 0 Å². The normalized spacial score (nSPS) is 13.6. The maximum atomic E-state index is 13.1. The number of primary amides is 1. The van der Waals surface area contributed by atoms with Gasteiger partial charge in [-0.1, -0.05) is 0 Å². The molecule has 0 radical (unpaired) electrons. The Morgan fingerprint density at radius 3 is 3.00 bits per heavy atom. The fourth-order valence-electron chi connectivity index (χ4n) is 1.51. The summed E-state index contributed by atoms with van der Waals surface area (Å²) in [6, 6.07) is 2.72. The third-order valence-electron chi connectivity index (χ3n) is 2.08. The van der Waals surface area contributed by atoms with Crippen LogP contribution in [0.4, 0.5) is 4.39 Å². The van der Waals surface area contributed by atoms with Crippen LogP contribution in [0.1, 0.15) is 15.9 Å². The second kappa shape index (κ2) is 2.73. The lowest BCUT2D eigenvalue weighted by Crippen LogP contribution is -2.15. The highest BCUT2D eigenvalue weighted by Crippen LogP contribution is 2.29. The zero-order valence-electron chi connectivity index (χ0n) is 6.84. The fraction of sp³-hybridized carbons (Fsp3) is 0.222. The van der Waals surface area contributed by atoms with Crippen LogP contribution >= 0.6 is 0 Å². The Hall–Kier alpha value is -1.58. The van der Waals surface area contributed by atoms with E-state index in [0.29, 0.717) is 24.3 Å². The minimum atomic E-state index is -0.736. The number of hydrogen-bond donors (Lipinski definition) is 1. The molecule has 1 aromatic carbocycles. The molecule has 0 atom stereocenters. The molecule has 1 amide bonds. The standard InChI is InChI=1S/C9H8FNO2/c10-6-1-2-7-5(3-4-13-7)8(6)9(11)12/h1-2H,3-4H2,(H2,11,12). The molecule has 4 heteroatoms. The quantitative estimate of drug-likeness (QED) is 0.698. The van der Waals surface area contributed by atoms with Crippen LogP contribution in [0.2, 0.25) is 0 Å². The molecule has 2 rings (SSSR count). The van der Waals surface area contributed by atoms with Crippen molar-refractivity contribution in [3.8, 4) is 5.75 Å². The molecule has 1 heterocycles. The van der Waals surface area contributed by atoms with Crippen LogP contribution in [-0.2, 0) is 6.42 Å². The van der Waals surface area contributed by atoms with Gasteiger partial charge in [-0.3, -0.25) is 4.79 Å². The highest BCUT2D eigenvalue weighted by atomic mass is 19.1. The highest BCUT2D eigenvalue weighted by molar-refractivity contribution is 5.95. The summed E-state index contributed by atoms with van der Waals surface area (Å²) in [7, 11) is 0. The number of hydrogen-bond acceptors (Lipinski definition) is 2. The summed E-state index contributed by atoms with van der Waals surface area (Å²) in [6.07, 6.45) is 0.547. The monoisotopic (exact) mass is 181 g/mol. The number of fused-ring (bicyclic) bond motifs is 1. The Balaban J connectivity index is 2.65. The molecule has 13 heavy (non-hydrogen) atoms. The van der Waals surface area contributed by atoms with E-state index >= 15 is 0 Å². The summed E-state index contributed by atoms with van der Waals surface area (Å²) in [5.41, 5.74) is 5.61. The van der Waals surface area contributed by atoms with E-state index in [2.05, 4.69) is 0 Å². The van der Waals surface area contributed by atoms with Crippen LogP contribution in [0.15, 0.2) is 12.1 Å². The summed E-state index contributed by atoms with van der Waals surface area (Å²) in [5, 5.41) is 0. The average Bonchev–Trinajstić information content (AvgIpc) is 2.50. The van der Waals surface area contributed by atoms with Crippen LogP contribution in [-0.4, -0.2) is 12.5 Å². The molecule has 0 fully saturated rings. The second-order valence-corrected chi connectivity index (χ2v) is 2.86. The zero-order valence-corrected chi connectivity index (χ0v) is 6.84. The molecule has 0 bridgehead atoms. The van der Waals surface area contributed by atoms with Gasteiger partial charge < -0.3 is 10.5 Å². The van der Waals surface area contributed by atoms with Gasteiger partial charge in [0.15, 0.2) is 0 Å². The molecule has 0 aromatic heterocycles. The second-order valence-electron chi connectivity index (χ2n) is 2.86. The number of benzene rings is 1. The number of rotatable bonds is 1. The SMILES string of the molecule is NC(=O)c1c(F)ccc2c1CCO2. The first-order valence-electron chi connectivity index (χ1n) is 3.94. The summed E-state index contributed by atoms with van der Waals surface area (Å²) in [5.74, 6) is -0.744. The van der Waals surface area contributed by atoms with Gasteiger partial charge >= 0.3 is 0 Å². The number of carbonyl (C=O) groups excluding carboxylic acids is 1. The highest BCUT2D eigenvalue weighted by Gasteiger charge is 2.22. The zero-order chi connectivity index (χ0) is 9.42. The van der Waals surface area contributed by atoms with Crippen molar-refractivity contribution in [2.45, 2.75) is 6.42 Å². The maximum absolute atomic E-state index is 13.1. The van der Waals surface area contributed by atoms with Crippen molar-refractivity contribution >= 4 is 5.91 Å². The number of halogens is 1. The number of nitrogens with two attached hydrogens (primary N) is 1. The van der Waals surface area contributed by atoms with Gasteiger partial charge in [0.1, 0.15) is 11.6 Å². The largest absolute Gasteiger partial charge is 0.493 e. The van der Waals surface area contributed by atoms with Crippen LogP contribution in [0.25, 0.3) is 0 Å². The minimum Gasteiger partial charge on any atom is -0.493 e. The summed E-state index contributed by atoms with van der Waals surface area (Å²) in [4.78, 5) is 10.9. The Morgan fingerprint density at radius 2 is 2.31 bits per heavy atom. The molecule has 0 aliphatic carbocycles. The molecule has 0 saturated heterocycles. The smallest absolute Gasteiger partial charge is 0.252 e. The van der Waals surface area contributed by atoms with Crippen LogP contribution in [0.3, 0.4) is 0 Å². The van der Waals surface area contributed by atoms with Crippen LogP contribution in [0, 0.1) is 5.82 Å². The molecule has 1 aliphatic heterocycles. The maximum Gasteiger partial charge on any atom is 0.252 e. The third-order valence-corrected chi connectivity index (χ3v) is 2.08. The fourth-order valence-corrected chi connectivity index (χ4v) is 1.51. The number of carbonyl (C=O) groups is 1. The van der Waals surface area contributed by atoms with Crippen molar-refractivity contribution in [2.75, 3.05) is 6.61 Å². The first-order chi connectivity index (χ1) is 6.20. The molecule has 3 nitrogen and oxygen atoms in total. The van der Waals surface area contributed by atoms with Crippen molar-refractivity contribution in [2.24, 2.45) is 5.73 Å². The molecular formula is C9H8FNO2. The van der Waals surface area contributed by atoms with E-state index in [1.165, 1.54) is 12.1 Å². The Morgan fingerprint density at radius 1 is 1.54 bits per heavy atom. The Bertz CT molecular complexity index is 376. The molecule has 68 valence electrons. The van der Waals surface area contributed by atoms with E-state index in [9.17, 15) is 9.18 Å². The van der Waals surface area contributed by atoms with E-state index in [1.807, 2.05) is 0 Å². The van der Waals surface area contributed by atoms with Gasteiger partial charge in [0.05, 0.1) is 12.2 Å². The van der Waals surface area contributed by atoms with Gasteiger partial charge in [-0.25, -0.2) is 4.39 Å². The molecule has 0 saturated carbocycles. The average molecular weight is 181 g/mol. The Labute approximate surface area is 74.3 Å².